The number of aromatic nitrogens is 2. The Balaban J connectivity index is 1.79. The van der Waals surface area contributed by atoms with Gasteiger partial charge < -0.3 is 20.3 Å². The fraction of sp³-hybridized carbons (Fsp3) is 0.526. The zero-order chi connectivity index (χ0) is 20.0. The fourth-order valence-corrected chi connectivity index (χ4v) is 4.31. The van der Waals surface area contributed by atoms with Crippen LogP contribution in [0.15, 0.2) is 23.0 Å². The molecule has 28 heavy (non-hydrogen) atoms. The van der Waals surface area contributed by atoms with Crippen molar-refractivity contribution in [2.45, 2.75) is 31.7 Å². The van der Waals surface area contributed by atoms with E-state index in [9.17, 15) is 24.7 Å². The first-order chi connectivity index (χ1) is 13.4. The van der Waals surface area contributed by atoms with Gasteiger partial charge >= 0.3 is 5.69 Å². The minimum absolute atomic E-state index is 0.0584. The predicted octanol–water partition coefficient (Wildman–Crippen LogP) is 0.737. The molecule has 2 aliphatic rings. The largest absolute Gasteiger partial charge is 0.750 e. The van der Waals surface area contributed by atoms with Crippen molar-refractivity contribution in [1.29, 1.82) is 0 Å². The monoisotopic (exact) mass is 387 g/mol. The lowest BCUT2D eigenvalue weighted by atomic mass is 9.97. The molecule has 1 atom stereocenters. The molecule has 0 saturated carbocycles. The number of para-hydroxylation sites is 1. The molecule has 0 aliphatic carbocycles. The molecule has 1 aromatic carbocycles. The lowest BCUT2D eigenvalue weighted by molar-refractivity contribution is -0.147. The van der Waals surface area contributed by atoms with Crippen LogP contribution in [0, 0.1) is 11.1 Å². The first-order valence-corrected chi connectivity index (χ1v) is 9.53. The van der Waals surface area contributed by atoms with Crippen molar-refractivity contribution < 1.29 is 14.7 Å². The Morgan fingerprint density at radius 1 is 1.14 bits per heavy atom. The van der Waals surface area contributed by atoms with Crippen LogP contribution in [-0.2, 0) is 16.6 Å². The van der Waals surface area contributed by atoms with E-state index in [4.69, 9.17) is 0 Å². The smallest absolute Gasteiger partial charge is 0.329 e. The molecule has 1 aromatic heterocycles. The molecule has 2 aliphatic heterocycles. The number of carbonyl (C=O) groups excluding carboxylic acids is 2. The number of carbonyl (C=O) groups is 2. The number of aryl methyl sites for hydroxylation is 1. The Morgan fingerprint density at radius 2 is 1.86 bits per heavy atom. The summed E-state index contributed by atoms with van der Waals surface area (Å²) in [6.45, 7) is 1.73. The van der Waals surface area contributed by atoms with Gasteiger partial charge in [0.25, 0.3) is 0 Å². The van der Waals surface area contributed by atoms with E-state index in [0.717, 1.165) is 31.6 Å². The number of hydrogen-bond donors (Lipinski definition) is 1. The summed E-state index contributed by atoms with van der Waals surface area (Å²) in [5.41, 5.74) is 1.80. The van der Waals surface area contributed by atoms with Gasteiger partial charge in [0.2, 0.25) is 11.8 Å². The maximum atomic E-state index is 13.0. The van der Waals surface area contributed by atoms with Crippen molar-refractivity contribution in [3.05, 3.63) is 33.9 Å². The summed E-state index contributed by atoms with van der Waals surface area (Å²) >= 11 is 0. The minimum Gasteiger partial charge on any atom is -0.750 e. The molecule has 2 saturated heterocycles. The summed E-state index contributed by atoms with van der Waals surface area (Å²) in [5.74, 6) is -1.36. The molecular formula is C19H23N4O5-. The number of aliphatic hydroxyl groups excluding tert-OH is 1. The Kier molecular flexibility index (Phi) is 4.72. The Bertz CT molecular complexity index is 986. The highest BCUT2D eigenvalue weighted by atomic mass is 16.5. The summed E-state index contributed by atoms with van der Waals surface area (Å²) in [7, 11) is 1.65. The van der Waals surface area contributed by atoms with Crippen LogP contribution in [0.25, 0.3) is 11.0 Å². The summed E-state index contributed by atoms with van der Waals surface area (Å²) in [4.78, 5) is 39.1. The molecule has 0 bridgehead atoms. The summed E-state index contributed by atoms with van der Waals surface area (Å²) < 4.78 is 2.85. The van der Waals surface area contributed by atoms with Gasteiger partial charge in [0.15, 0.2) is 0 Å². The van der Waals surface area contributed by atoms with Gasteiger partial charge in [-0.15, -0.1) is 0 Å². The number of hydroxylamine groups is 2. The van der Waals surface area contributed by atoms with Crippen molar-refractivity contribution in [2.75, 3.05) is 24.6 Å². The first-order valence-electron chi connectivity index (χ1n) is 9.53. The number of aliphatic hydroxyl groups is 1. The first kappa shape index (κ1) is 18.7. The maximum absolute atomic E-state index is 13.0. The number of amides is 2. The number of imide groups is 1. The molecule has 9 nitrogen and oxygen atoms in total. The number of benzene rings is 1. The third kappa shape index (κ3) is 2.82. The van der Waals surface area contributed by atoms with Gasteiger partial charge in [0.05, 0.1) is 16.7 Å². The van der Waals surface area contributed by atoms with Crippen LogP contribution >= 0.6 is 0 Å². The number of anilines is 1. The van der Waals surface area contributed by atoms with E-state index in [-0.39, 0.29) is 30.2 Å². The number of nitrogens with zero attached hydrogens (tertiary/aromatic N) is 4. The van der Waals surface area contributed by atoms with Crippen molar-refractivity contribution >= 4 is 28.5 Å². The lowest BCUT2D eigenvalue weighted by Gasteiger charge is -2.35. The molecule has 3 heterocycles. The highest BCUT2D eigenvalue weighted by molar-refractivity contribution is 6.01. The van der Waals surface area contributed by atoms with Gasteiger partial charge in [-0.05, 0) is 37.3 Å². The van der Waals surface area contributed by atoms with E-state index in [1.165, 1.54) is 9.13 Å². The van der Waals surface area contributed by atoms with E-state index < -0.39 is 17.9 Å². The van der Waals surface area contributed by atoms with Gasteiger partial charge in [0, 0.05) is 33.2 Å². The Labute approximate surface area is 161 Å². The second-order valence-corrected chi connectivity index (χ2v) is 7.55. The normalized spacial score (nSPS) is 21.8. The molecule has 2 fully saturated rings. The number of rotatable bonds is 3. The van der Waals surface area contributed by atoms with Crippen LogP contribution in [0.4, 0.5) is 5.69 Å². The van der Waals surface area contributed by atoms with Crippen molar-refractivity contribution in [1.82, 2.24) is 14.2 Å². The zero-order valence-corrected chi connectivity index (χ0v) is 15.7. The van der Waals surface area contributed by atoms with Crippen LogP contribution in [0.3, 0.4) is 0 Å². The summed E-state index contributed by atoms with van der Waals surface area (Å²) in [6.07, 6.45) is 1.82. The minimum atomic E-state index is -0.971. The number of imidazole rings is 1. The highest BCUT2D eigenvalue weighted by Gasteiger charge is 2.34. The van der Waals surface area contributed by atoms with E-state index in [0.29, 0.717) is 17.0 Å². The number of piperidine rings is 2. The molecular weight excluding hydrogens is 364 g/mol. The fourth-order valence-electron chi connectivity index (χ4n) is 4.31. The second-order valence-electron chi connectivity index (χ2n) is 7.55. The van der Waals surface area contributed by atoms with Crippen molar-refractivity contribution in [3.8, 4) is 0 Å². The molecule has 0 radical (unpaired) electrons. The third-order valence-electron chi connectivity index (χ3n) is 5.95. The van der Waals surface area contributed by atoms with Crippen LogP contribution in [-0.4, -0.2) is 50.8 Å². The molecule has 9 heteroatoms. The predicted molar refractivity (Wildman–Crippen MR) is 103 cm³/mol. The van der Waals surface area contributed by atoms with Gasteiger partial charge in [-0.25, -0.2) is 4.79 Å². The van der Waals surface area contributed by atoms with E-state index in [1.807, 2.05) is 12.1 Å². The summed E-state index contributed by atoms with van der Waals surface area (Å²) in [5, 5.41) is 21.0. The van der Waals surface area contributed by atoms with E-state index in [1.54, 1.807) is 13.1 Å². The van der Waals surface area contributed by atoms with Gasteiger partial charge in [-0.2, -0.15) is 0 Å². The van der Waals surface area contributed by atoms with Gasteiger partial charge in [0.1, 0.15) is 6.04 Å². The zero-order valence-electron chi connectivity index (χ0n) is 15.7. The maximum Gasteiger partial charge on any atom is 0.329 e. The third-order valence-corrected chi connectivity index (χ3v) is 5.95. The standard InChI is InChI=1S/C19H23N4O5/c1-20-17-13(21-9-7-12(11-24)8-10-21)3-2-4-14(17)22(19(20)27)15-5-6-16(25)23(28)18(15)26/h2-4,12,15,24H,5-11H2,1H3/q-1. The molecule has 4 rings (SSSR count). The van der Waals surface area contributed by atoms with Crippen molar-refractivity contribution in [2.24, 2.45) is 13.0 Å². The molecule has 2 amide bonds. The van der Waals surface area contributed by atoms with Crippen LogP contribution < -0.4 is 10.6 Å². The molecule has 2 aromatic rings. The number of fused-ring (bicyclic) bond motifs is 1. The van der Waals surface area contributed by atoms with Crippen LogP contribution in [0.5, 0.6) is 0 Å². The highest BCUT2D eigenvalue weighted by Crippen LogP contribution is 2.32. The molecule has 0 spiro atoms. The molecule has 1 N–H and O–H groups in total. The van der Waals surface area contributed by atoms with Gasteiger partial charge in [-0.3, -0.25) is 18.7 Å². The van der Waals surface area contributed by atoms with Crippen LogP contribution in [0.1, 0.15) is 31.7 Å². The summed E-state index contributed by atoms with van der Waals surface area (Å²) in [6, 6.07) is 4.57. The second kappa shape index (κ2) is 7.06. The Hall–Kier alpha value is -2.65. The van der Waals surface area contributed by atoms with Crippen molar-refractivity contribution in [3.63, 3.8) is 0 Å². The van der Waals surface area contributed by atoms with E-state index in [2.05, 4.69) is 4.90 Å². The quantitative estimate of drug-likeness (QED) is 0.778. The van der Waals surface area contributed by atoms with E-state index >= 15 is 0 Å². The SMILES string of the molecule is Cn1c(=O)n(C2CCC(=O)N([O-])C2=O)c2cccc(N3CCC(CO)CC3)c21. The molecule has 1 unspecified atom stereocenters. The molecule has 150 valence electrons. The van der Waals surface area contributed by atoms with Crippen LogP contribution in [0.2, 0.25) is 0 Å². The van der Waals surface area contributed by atoms with Gasteiger partial charge in [-0.1, -0.05) is 6.07 Å². The average molecular weight is 387 g/mol. The Morgan fingerprint density at radius 3 is 2.54 bits per heavy atom. The lowest BCUT2D eigenvalue weighted by Crippen LogP contribution is -2.44. The average Bonchev–Trinajstić information content (AvgIpc) is 2.97. The topological polar surface area (TPSA) is 111 Å². The number of hydrogen-bond acceptors (Lipinski definition) is 6.